The van der Waals surface area contributed by atoms with Gasteiger partial charge >= 0.3 is 0 Å². The summed E-state index contributed by atoms with van der Waals surface area (Å²) in [5.74, 6) is 4.60. The quantitative estimate of drug-likeness (QED) is 0.692. The van der Waals surface area contributed by atoms with Gasteiger partial charge in [-0.2, -0.15) is 5.10 Å². The summed E-state index contributed by atoms with van der Waals surface area (Å²) in [6.07, 6.45) is 17.6. The number of Topliss-reactive ketones (excluding diaryl/α,β-unsaturated/α-hetero) is 1. The van der Waals surface area contributed by atoms with Gasteiger partial charge in [0.05, 0.1) is 17.8 Å². The van der Waals surface area contributed by atoms with Gasteiger partial charge in [0, 0.05) is 12.1 Å². The number of fused-ring (bicyclic) bond motifs is 6. The zero-order chi connectivity index (χ0) is 22.1. The van der Waals surface area contributed by atoms with Crippen LogP contribution in [0.5, 0.6) is 0 Å². The summed E-state index contributed by atoms with van der Waals surface area (Å²) in [6.45, 7) is 5.00. The minimum atomic E-state index is -0.437. The Labute approximate surface area is 193 Å². The maximum Gasteiger partial charge on any atom is 0.157 e. The molecule has 4 nitrogen and oxygen atoms in total. The third-order valence-electron chi connectivity index (χ3n) is 11.0. The normalized spacial score (nSPS) is 45.5. The SMILES string of the molecule is CC1(O)CCC2C(CCC3C2CCC2(C)C(C(=O)Cn4cc5c(n4)CCCC5)CCC32)C1. The second-order valence-corrected chi connectivity index (χ2v) is 12.8. The zero-order valence-corrected chi connectivity index (χ0v) is 20.2. The average Bonchev–Trinajstić information content (AvgIpc) is 3.32. The van der Waals surface area contributed by atoms with Crippen LogP contribution in [0.25, 0.3) is 0 Å². The molecule has 4 fully saturated rings. The number of hydrogen-bond acceptors (Lipinski definition) is 3. The first-order chi connectivity index (χ1) is 15.3. The molecule has 8 unspecified atom stereocenters. The molecular formula is C28H42N2O2. The monoisotopic (exact) mass is 438 g/mol. The lowest BCUT2D eigenvalue weighted by Gasteiger charge is -2.56. The molecule has 0 aliphatic heterocycles. The van der Waals surface area contributed by atoms with Gasteiger partial charge in [-0.05, 0) is 131 Å². The predicted molar refractivity (Wildman–Crippen MR) is 125 cm³/mol. The fraction of sp³-hybridized carbons (Fsp3) is 0.857. The van der Waals surface area contributed by atoms with Gasteiger partial charge in [0.1, 0.15) is 0 Å². The topological polar surface area (TPSA) is 55.1 Å². The van der Waals surface area contributed by atoms with E-state index in [9.17, 15) is 9.90 Å². The van der Waals surface area contributed by atoms with Crippen molar-refractivity contribution in [3.63, 3.8) is 0 Å². The first-order valence-corrected chi connectivity index (χ1v) is 13.6. The van der Waals surface area contributed by atoms with Gasteiger partial charge in [-0.15, -0.1) is 0 Å². The molecule has 1 aromatic rings. The van der Waals surface area contributed by atoms with Crippen LogP contribution in [-0.4, -0.2) is 26.3 Å². The Morgan fingerprint density at radius 3 is 2.69 bits per heavy atom. The van der Waals surface area contributed by atoms with E-state index in [1.807, 2.05) is 4.68 Å². The van der Waals surface area contributed by atoms with Crippen LogP contribution < -0.4 is 0 Å². The van der Waals surface area contributed by atoms with Crippen molar-refractivity contribution < 1.29 is 9.90 Å². The van der Waals surface area contributed by atoms with E-state index in [4.69, 9.17) is 5.10 Å². The highest BCUT2D eigenvalue weighted by Crippen LogP contribution is 2.64. The van der Waals surface area contributed by atoms with Crippen LogP contribution in [0.2, 0.25) is 0 Å². The van der Waals surface area contributed by atoms with Crippen molar-refractivity contribution in [1.82, 2.24) is 9.78 Å². The van der Waals surface area contributed by atoms with Crippen molar-refractivity contribution in [3.8, 4) is 0 Å². The standard InChI is InChI=1S/C28H42N2O2/c1-27(32)13-11-20-18(15-27)7-8-22-21(20)12-14-28(2)23(22)9-10-24(28)26(31)17-30-16-19-5-3-4-6-25(19)29-30/h16,18,20-24,32H,3-15,17H2,1-2H3. The van der Waals surface area contributed by atoms with Crippen LogP contribution in [0.15, 0.2) is 6.20 Å². The van der Waals surface area contributed by atoms with Gasteiger partial charge in [-0.1, -0.05) is 6.92 Å². The highest BCUT2D eigenvalue weighted by Gasteiger charge is 2.58. The lowest BCUT2D eigenvalue weighted by Crippen LogP contribution is -2.51. The Bertz CT molecular complexity index is 864. The number of nitrogens with zero attached hydrogens (tertiary/aromatic N) is 2. The first kappa shape index (κ1) is 21.4. The van der Waals surface area contributed by atoms with E-state index >= 15 is 0 Å². The fourth-order valence-corrected chi connectivity index (χ4v) is 9.49. The maximum absolute atomic E-state index is 13.6. The van der Waals surface area contributed by atoms with Gasteiger partial charge in [0.15, 0.2) is 5.78 Å². The number of hydrogen-bond donors (Lipinski definition) is 1. The van der Waals surface area contributed by atoms with Crippen molar-refractivity contribution in [2.24, 2.45) is 40.9 Å². The molecule has 0 spiro atoms. The largest absolute Gasteiger partial charge is 0.390 e. The number of aryl methyl sites for hydroxylation is 2. The molecule has 8 atom stereocenters. The molecule has 0 radical (unpaired) electrons. The Morgan fingerprint density at radius 2 is 1.84 bits per heavy atom. The van der Waals surface area contributed by atoms with Gasteiger partial charge in [-0.3, -0.25) is 9.48 Å². The molecule has 5 aliphatic rings. The van der Waals surface area contributed by atoms with Crippen LogP contribution in [0.1, 0.15) is 95.7 Å². The number of rotatable bonds is 3. The second-order valence-electron chi connectivity index (χ2n) is 12.8. The summed E-state index contributed by atoms with van der Waals surface area (Å²) >= 11 is 0. The van der Waals surface area contributed by atoms with E-state index in [1.54, 1.807) is 0 Å². The second kappa shape index (κ2) is 7.68. The predicted octanol–water partition coefficient (Wildman–Crippen LogP) is 5.35. The first-order valence-electron chi connectivity index (χ1n) is 13.6. The molecule has 1 heterocycles. The molecule has 5 aliphatic carbocycles. The van der Waals surface area contributed by atoms with Crippen LogP contribution >= 0.6 is 0 Å². The van der Waals surface area contributed by atoms with Gasteiger partial charge in [0.2, 0.25) is 0 Å². The summed E-state index contributed by atoms with van der Waals surface area (Å²) in [6, 6.07) is 0. The molecular weight excluding hydrogens is 396 g/mol. The average molecular weight is 439 g/mol. The Hall–Kier alpha value is -1.16. The summed E-state index contributed by atoms with van der Waals surface area (Å²) < 4.78 is 1.97. The van der Waals surface area contributed by atoms with E-state index in [1.165, 1.54) is 62.6 Å². The van der Waals surface area contributed by atoms with Crippen molar-refractivity contribution in [3.05, 3.63) is 17.5 Å². The Kier molecular flexibility index (Phi) is 5.13. The molecule has 4 heteroatoms. The third-order valence-corrected chi connectivity index (χ3v) is 11.0. The highest BCUT2D eigenvalue weighted by atomic mass is 16.3. The molecule has 0 bridgehead atoms. The minimum Gasteiger partial charge on any atom is -0.390 e. The zero-order valence-electron chi connectivity index (χ0n) is 20.2. The summed E-state index contributed by atoms with van der Waals surface area (Å²) in [7, 11) is 0. The molecule has 0 aromatic carbocycles. The smallest absolute Gasteiger partial charge is 0.157 e. The molecule has 1 N–H and O–H groups in total. The Balaban J connectivity index is 1.16. The van der Waals surface area contributed by atoms with Crippen LogP contribution in [0, 0.1) is 40.9 Å². The van der Waals surface area contributed by atoms with Crippen LogP contribution in [0.4, 0.5) is 0 Å². The van der Waals surface area contributed by atoms with Crippen LogP contribution in [0.3, 0.4) is 0 Å². The number of carbonyl (C=O) groups excluding carboxylic acids is 1. The van der Waals surface area contributed by atoms with E-state index in [2.05, 4.69) is 20.0 Å². The number of aromatic nitrogens is 2. The van der Waals surface area contributed by atoms with Gasteiger partial charge in [-0.25, -0.2) is 0 Å². The number of ketones is 1. The summed E-state index contributed by atoms with van der Waals surface area (Å²) in [5, 5.41) is 15.4. The van der Waals surface area contributed by atoms with E-state index in [0.29, 0.717) is 12.3 Å². The fourth-order valence-electron chi connectivity index (χ4n) is 9.49. The molecule has 6 rings (SSSR count). The molecule has 1 aromatic heterocycles. The highest BCUT2D eigenvalue weighted by molar-refractivity contribution is 5.82. The van der Waals surface area contributed by atoms with Gasteiger partial charge < -0.3 is 5.11 Å². The van der Waals surface area contributed by atoms with E-state index in [0.717, 1.165) is 61.7 Å². The van der Waals surface area contributed by atoms with Crippen LogP contribution in [-0.2, 0) is 24.2 Å². The van der Waals surface area contributed by atoms with E-state index < -0.39 is 5.60 Å². The number of carbonyl (C=O) groups is 1. The molecule has 0 amide bonds. The molecule has 176 valence electrons. The maximum atomic E-state index is 13.6. The minimum absolute atomic E-state index is 0.192. The Morgan fingerprint density at radius 1 is 1.03 bits per heavy atom. The van der Waals surface area contributed by atoms with Crippen molar-refractivity contribution >= 4 is 5.78 Å². The summed E-state index contributed by atoms with van der Waals surface area (Å²) in [4.78, 5) is 13.6. The van der Waals surface area contributed by atoms with Gasteiger partial charge in [0.25, 0.3) is 0 Å². The lowest BCUT2D eigenvalue weighted by atomic mass is 9.49. The van der Waals surface area contributed by atoms with Crippen molar-refractivity contribution in [1.29, 1.82) is 0 Å². The molecule has 0 saturated heterocycles. The molecule has 32 heavy (non-hydrogen) atoms. The molecule has 4 saturated carbocycles. The van der Waals surface area contributed by atoms with E-state index in [-0.39, 0.29) is 11.3 Å². The lowest BCUT2D eigenvalue weighted by molar-refractivity contribution is -0.133. The van der Waals surface area contributed by atoms with Crippen molar-refractivity contribution in [2.45, 2.75) is 109 Å². The number of aliphatic hydroxyl groups is 1. The summed E-state index contributed by atoms with van der Waals surface area (Å²) in [5.41, 5.74) is 2.37. The van der Waals surface area contributed by atoms with Crippen molar-refractivity contribution in [2.75, 3.05) is 0 Å². The third kappa shape index (κ3) is 3.42.